The van der Waals surface area contributed by atoms with Gasteiger partial charge in [-0.15, -0.1) is 0 Å². The van der Waals surface area contributed by atoms with Gasteiger partial charge in [-0.05, 0) is 23.6 Å². The van der Waals surface area contributed by atoms with Gasteiger partial charge in [-0.2, -0.15) is 13.2 Å². The number of halogens is 3. The van der Waals surface area contributed by atoms with Crippen molar-refractivity contribution in [3.8, 4) is 11.5 Å². The Kier molecular flexibility index (Phi) is 2.18. The molecule has 2 aromatic rings. The van der Waals surface area contributed by atoms with Crippen molar-refractivity contribution in [3.05, 3.63) is 35.9 Å². The number of hydrogen-bond donors (Lipinski definition) is 2. The predicted molar refractivity (Wildman–Crippen MR) is 52.3 cm³/mol. The van der Waals surface area contributed by atoms with Gasteiger partial charge in [0.25, 0.3) is 0 Å². The molecule has 0 atom stereocenters. The third-order valence-electron chi connectivity index (χ3n) is 2.24. The predicted octanol–water partition coefficient (Wildman–Crippen LogP) is 3.27. The van der Waals surface area contributed by atoms with E-state index in [-0.39, 0.29) is 22.3 Å². The van der Waals surface area contributed by atoms with E-state index in [1.54, 1.807) is 0 Å². The smallest absolute Gasteiger partial charge is 0.416 e. The highest BCUT2D eigenvalue weighted by molar-refractivity contribution is 5.90. The Bertz CT molecular complexity index is 547. The Morgan fingerprint density at radius 1 is 0.938 bits per heavy atom. The molecule has 0 aromatic heterocycles. The fourth-order valence-corrected chi connectivity index (χ4v) is 1.51. The summed E-state index contributed by atoms with van der Waals surface area (Å²) in [6.45, 7) is 0. The van der Waals surface area contributed by atoms with Crippen molar-refractivity contribution >= 4 is 10.8 Å². The first-order valence-corrected chi connectivity index (χ1v) is 4.41. The van der Waals surface area contributed by atoms with Crippen molar-refractivity contribution in [2.24, 2.45) is 0 Å². The van der Waals surface area contributed by atoms with E-state index in [2.05, 4.69) is 0 Å². The zero-order valence-corrected chi connectivity index (χ0v) is 7.92. The minimum Gasteiger partial charge on any atom is -0.508 e. The van der Waals surface area contributed by atoms with E-state index >= 15 is 0 Å². The maximum absolute atomic E-state index is 12.4. The van der Waals surface area contributed by atoms with Crippen LogP contribution in [0, 0.1) is 0 Å². The molecule has 0 fully saturated rings. The van der Waals surface area contributed by atoms with Crippen LogP contribution < -0.4 is 0 Å². The normalized spacial score (nSPS) is 11.9. The third kappa shape index (κ3) is 1.76. The molecule has 5 heteroatoms. The number of fused-ring (bicyclic) bond motifs is 1. The highest BCUT2D eigenvalue weighted by Crippen LogP contribution is 2.35. The summed E-state index contributed by atoms with van der Waals surface area (Å²) in [5, 5.41) is 19.0. The fourth-order valence-electron chi connectivity index (χ4n) is 1.51. The molecule has 0 heterocycles. The molecule has 0 radical (unpaired) electrons. The molecule has 0 unspecified atom stereocenters. The van der Waals surface area contributed by atoms with Gasteiger partial charge in [-0.25, -0.2) is 0 Å². The lowest BCUT2D eigenvalue weighted by atomic mass is 10.1. The largest absolute Gasteiger partial charge is 0.508 e. The number of aromatic hydroxyl groups is 2. The molecule has 0 spiro atoms. The van der Waals surface area contributed by atoms with Crippen molar-refractivity contribution in [1.82, 2.24) is 0 Å². The number of phenolic OH excluding ortho intramolecular Hbond substituents is 2. The highest BCUT2D eigenvalue weighted by Gasteiger charge is 2.30. The molecular formula is C11H7F3O2. The van der Waals surface area contributed by atoms with Crippen LogP contribution in [0.15, 0.2) is 30.3 Å². The average molecular weight is 228 g/mol. The molecule has 0 aliphatic rings. The van der Waals surface area contributed by atoms with Crippen LogP contribution in [0.2, 0.25) is 0 Å². The molecular weight excluding hydrogens is 221 g/mol. The summed E-state index contributed by atoms with van der Waals surface area (Å²) in [6, 6.07) is 5.20. The molecule has 2 N–H and O–H groups in total. The Morgan fingerprint density at radius 2 is 1.62 bits per heavy atom. The maximum atomic E-state index is 12.4. The van der Waals surface area contributed by atoms with Crippen LogP contribution in [0.4, 0.5) is 13.2 Å². The topological polar surface area (TPSA) is 40.5 Å². The molecule has 0 amide bonds. The quantitative estimate of drug-likeness (QED) is 0.726. The second-order valence-corrected chi connectivity index (χ2v) is 3.40. The maximum Gasteiger partial charge on any atom is 0.416 e. The number of alkyl halides is 3. The lowest BCUT2D eigenvalue weighted by Gasteiger charge is -2.08. The SMILES string of the molecule is Oc1cc(O)c2ccc(C(F)(F)F)cc2c1. The molecule has 0 aliphatic heterocycles. The lowest BCUT2D eigenvalue weighted by Crippen LogP contribution is -2.04. The van der Waals surface area contributed by atoms with E-state index in [1.807, 2.05) is 0 Å². The van der Waals surface area contributed by atoms with Gasteiger partial charge in [0.1, 0.15) is 11.5 Å². The summed E-state index contributed by atoms with van der Waals surface area (Å²) in [5.41, 5.74) is -0.815. The summed E-state index contributed by atoms with van der Waals surface area (Å²) in [7, 11) is 0. The monoisotopic (exact) mass is 228 g/mol. The standard InChI is InChI=1S/C11H7F3O2/c12-11(13,14)7-1-2-9-6(3-7)4-8(15)5-10(9)16/h1-5,15-16H. The number of hydrogen-bond acceptors (Lipinski definition) is 2. The van der Waals surface area contributed by atoms with Gasteiger partial charge in [-0.1, -0.05) is 6.07 Å². The average Bonchev–Trinajstić information content (AvgIpc) is 2.15. The zero-order chi connectivity index (χ0) is 11.9. The van der Waals surface area contributed by atoms with Crippen LogP contribution in [-0.4, -0.2) is 10.2 Å². The first-order valence-electron chi connectivity index (χ1n) is 4.41. The van der Waals surface area contributed by atoms with E-state index in [1.165, 1.54) is 12.1 Å². The summed E-state index contributed by atoms with van der Waals surface area (Å²) in [4.78, 5) is 0. The van der Waals surface area contributed by atoms with Crippen molar-refractivity contribution in [2.45, 2.75) is 6.18 Å². The summed E-state index contributed by atoms with van der Waals surface area (Å²) >= 11 is 0. The van der Waals surface area contributed by atoms with Gasteiger partial charge in [-0.3, -0.25) is 0 Å². The molecule has 2 rings (SSSR count). The first-order chi connectivity index (χ1) is 7.38. The Hall–Kier alpha value is -1.91. The fraction of sp³-hybridized carbons (Fsp3) is 0.0909. The summed E-state index contributed by atoms with van der Waals surface area (Å²) < 4.78 is 37.2. The molecule has 0 saturated carbocycles. The Morgan fingerprint density at radius 3 is 2.25 bits per heavy atom. The molecule has 16 heavy (non-hydrogen) atoms. The van der Waals surface area contributed by atoms with Crippen LogP contribution in [0.5, 0.6) is 11.5 Å². The molecule has 2 aromatic carbocycles. The van der Waals surface area contributed by atoms with Crippen molar-refractivity contribution in [2.75, 3.05) is 0 Å². The van der Waals surface area contributed by atoms with Crippen LogP contribution in [0.25, 0.3) is 10.8 Å². The van der Waals surface area contributed by atoms with Crippen molar-refractivity contribution < 1.29 is 23.4 Å². The van der Waals surface area contributed by atoms with E-state index in [4.69, 9.17) is 5.11 Å². The third-order valence-corrected chi connectivity index (χ3v) is 2.24. The van der Waals surface area contributed by atoms with Gasteiger partial charge < -0.3 is 10.2 Å². The van der Waals surface area contributed by atoms with Gasteiger partial charge in [0.2, 0.25) is 0 Å². The van der Waals surface area contributed by atoms with Crippen LogP contribution >= 0.6 is 0 Å². The van der Waals surface area contributed by atoms with Gasteiger partial charge >= 0.3 is 6.18 Å². The van der Waals surface area contributed by atoms with Gasteiger partial charge in [0, 0.05) is 11.5 Å². The van der Waals surface area contributed by atoms with Gasteiger partial charge in [0.15, 0.2) is 0 Å². The first kappa shape index (κ1) is 10.6. The van der Waals surface area contributed by atoms with Crippen molar-refractivity contribution in [1.29, 1.82) is 0 Å². The van der Waals surface area contributed by atoms with E-state index in [0.717, 1.165) is 18.2 Å². The van der Waals surface area contributed by atoms with Crippen LogP contribution in [-0.2, 0) is 6.18 Å². The molecule has 2 nitrogen and oxygen atoms in total. The number of benzene rings is 2. The molecule has 0 aliphatic carbocycles. The highest BCUT2D eigenvalue weighted by atomic mass is 19.4. The summed E-state index contributed by atoms with van der Waals surface area (Å²) in [5.74, 6) is -0.520. The second-order valence-electron chi connectivity index (χ2n) is 3.40. The zero-order valence-electron chi connectivity index (χ0n) is 7.92. The van der Waals surface area contributed by atoms with Crippen molar-refractivity contribution in [3.63, 3.8) is 0 Å². The molecule has 0 bridgehead atoms. The van der Waals surface area contributed by atoms with Crippen LogP contribution in [0.1, 0.15) is 5.56 Å². The second kappa shape index (κ2) is 3.30. The minimum atomic E-state index is -4.44. The Labute approximate surface area is 88.6 Å². The minimum absolute atomic E-state index is 0.146. The number of phenols is 2. The van der Waals surface area contributed by atoms with E-state index < -0.39 is 11.7 Å². The van der Waals surface area contributed by atoms with E-state index in [9.17, 15) is 18.3 Å². The number of rotatable bonds is 0. The lowest BCUT2D eigenvalue weighted by molar-refractivity contribution is -0.137. The van der Waals surface area contributed by atoms with E-state index in [0.29, 0.717) is 0 Å². The molecule has 84 valence electrons. The molecule has 0 saturated heterocycles. The van der Waals surface area contributed by atoms with Gasteiger partial charge in [0.05, 0.1) is 5.56 Å². The summed E-state index contributed by atoms with van der Waals surface area (Å²) in [6.07, 6.45) is -4.44. The Balaban J connectivity index is 2.71. The van der Waals surface area contributed by atoms with Crippen LogP contribution in [0.3, 0.4) is 0 Å².